The van der Waals surface area contributed by atoms with Gasteiger partial charge < -0.3 is 15.4 Å². The van der Waals surface area contributed by atoms with Crippen LogP contribution < -0.4 is 10.6 Å². The first-order valence-electron chi connectivity index (χ1n) is 10.4. The minimum Gasteiger partial charge on any atom is -0.453 e. The highest BCUT2D eigenvalue weighted by atomic mass is 16.5. The summed E-state index contributed by atoms with van der Waals surface area (Å²) in [5, 5.41) is 5.57. The third-order valence-corrected chi connectivity index (χ3v) is 5.78. The lowest BCUT2D eigenvalue weighted by atomic mass is 9.98. The van der Waals surface area contributed by atoms with E-state index in [1.807, 2.05) is 32.0 Å². The minimum atomic E-state index is -0.948. The van der Waals surface area contributed by atoms with Gasteiger partial charge in [-0.25, -0.2) is 4.79 Å². The third kappa shape index (κ3) is 4.63. The Morgan fingerprint density at radius 3 is 2.60 bits per heavy atom. The van der Waals surface area contributed by atoms with Crippen molar-refractivity contribution in [3.63, 3.8) is 0 Å². The molecule has 1 atom stereocenters. The number of amides is 4. The summed E-state index contributed by atoms with van der Waals surface area (Å²) in [6.07, 6.45) is 2.55. The molecule has 1 saturated heterocycles. The molecule has 1 saturated carbocycles. The topological polar surface area (TPSA) is 105 Å². The quantitative estimate of drug-likeness (QED) is 0.526. The van der Waals surface area contributed by atoms with Crippen LogP contribution in [0.3, 0.4) is 0 Å². The number of hydrogen-bond donors (Lipinski definition) is 2. The first-order chi connectivity index (χ1) is 14.2. The van der Waals surface area contributed by atoms with Crippen LogP contribution in [0.4, 0.5) is 10.5 Å². The number of nitrogens with one attached hydrogen (secondary N) is 2. The number of ether oxygens (including phenoxy) is 1. The van der Waals surface area contributed by atoms with Gasteiger partial charge in [-0.15, -0.1) is 0 Å². The predicted molar refractivity (Wildman–Crippen MR) is 111 cm³/mol. The number of urea groups is 1. The fourth-order valence-electron chi connectivity index (χ4n) is 4.08. The van der Waals surface area contributed by atoms with Crippen molar-refractivity contribution in [2.75, 3.05) is 11.9 Å². The molecule has 4 amide bonds. The Kier molecular flexibility index (Phi) is 6.43. The van der Waals surface area contributed by atoms with Gasteiger partial charge in [-0.2, -0.15) is 0 Å². The minimum absolute atomic E-state index is 0.0191. The number of anilines is 1. The number of imide groups is 1. The monoisotopic (exact) mass is 415 g/mol. The molecule has 8 heteroatoms. The van der Waals surface area contributed by atoms with Crippen LogP contribution in [0.15, 0.2) is 18.2 Å². The molecule has 1 aromatic carbocycles. The number of nitrogens with zero attached hydrogens (tertiary/aromatic N) is 1. The van der Waals surface area contributed by atoms with Crippen molar-refractivity contribution in [2.24, 2.45) is 0 Å². The Labute approximate surface area is 176 Å². The highest BCUT2D eigenvalue weighted by Crippen LogP contribution is 2.35. The number of esters is 1. The number of carbonyl (C=O) groups is 4. The van der Waals surface area contributed by atoms with Crippen LogP contribution in [0.5, 0.6) is 0 Å². The zero-order valence-corrected chi connectivity index (χ0v) is 17.7. The SMILES string of the molecule is Cc1ccc(NC(=O)[C@H](C)OC(=O)CCCN2C(=O)NC3(CCCC3)C2=O)c(C)c1. The van der Waals surface area contributed by atoms with Crippen LogP contribution in [0, 0.1) is 13.8 Å². The molecule has 1 heterocycles. The normalized spacial score (nSPS) is 18.4. The summed E-state index contributed by atoms with van der Waals surface area (Å²) >= 11 is 0. The Hall–Kier alpha value is -2.90. The number of hydrogen-bond acceptors (Lipinski definition) is 5. The molecule has 1 spiro atoms. The third-order valence-electron chi connectivity index (χ3n) is 5.78. The average molecular weight is 415 g/mol. The van der Waals surface area contributed by atoms with E-state index in [1.165, 1.54) is 11.8 Å². The number of benzene rings is 1. The van der Waals surface area contributed by atoms with Crippen LogP contribution in [0.25, 0.3) is 0 Å². The van der Waals surface area contributed by atoms with E-state index in [4.69, 9.17) is 4.74 Å². The second-order valence-electron chi connectivity index (χ2n) is 8.22. The van der Waals surface area contributed by atoms with Gasteiger partial charge in [0.05, 0.1) is 0 Å². The summed E-state index contributed by atoms with van der Waals surface area (Å²) < 4.78 is 5.20. The lowest BCUT2D eigenvalue weighted by Gasteiger charge is -2.20. The second-order valence-corrected chi connectivity index (χ2v) is 8.22. The van der Waals surface area contributed by atoms with Gasteiger partial charge in [0.15, 0.2) is 6.10 Å². The van der Waals surface area contributed by atoms with E-state index in [1.54, 1.807) is 0 Å². The van der Waals surface area contributed by atoms with E-state index in [0.717, 1.165) is 24.0 Å². The molecule has 2 fully saturated rings. The molecule has 162 valence electrons. The van der Waals surface area contributed by atoms with Gasteiger partial charge in [-0.3, -0.25) is 19.3 Å². The maximum absolute atomic E-state index is 12.6. The van der Waals surface area contributed by atoms with E-state index >= 15 is 0 Å². The van der Waals surface area contributed by atoms with Crippen molar-refractivity contribution in [1.82, 2.24) is 10.2 Å². The highest BCUT2D eigenvalue weighted by Gasteiger charge is 2.52. The summed E-state index contributed by atoms with van der Waals surface area (Å²) in [6.45, 7) is 5.53. The molecular formula is C22H29N3O5. The summed E-state index contributed by atoms with van der Waals surface area (Å²) in [5.41, 5.74) is 1.95. The van der Waals surface area contributed by atoms with Crippen molar-refractivity contribution in [2.45, 2.75) is 70.9 Å². The lowest BCUT2D eigenvalue weighted by Crippen LogP contribution is -2.44. The van der Waals surface area contributed by atoms with Gasteiger partial charge in [-0.05, 0) is 51.7 Å². The molecule has 0 aromatic heterocycles. The van der Waals surface area contributed by atoms with E-state index in [2.05, 4.69) is 10.6 Å². The Bertz CT molecular complexity index is 860. The van der Waals surface area contributed by atoms with E-state index in [9.17, 15) is 19.2 Å². The molecule has 1 aliphatic carbocycles. The van der Waals surface area contributed by atoms with E-state index < -0.39 is 29.6 Å². The van der Waals surface area contributed by atoms with Gasteiger partial charge in [0.25, 0.3) is 11.8 Å². The molecule has 1 aliphatic heterocycles. The molecule has 3 rings (SSSR count). The first-order valence-corrected chi connectivity index (χ1v) is 10.4. The summed E-state index contributed by atoms with van der Waals surface area (Å²) in [4.78, 5) is 50.3. The Morgan fingerprint density at radius 1 is 1.23 bits per heavy atom. The van der Waals surface area contributed by atoms with Crippen LogP contribution in [-0.4, -0.2) is 46.9 Å². The van der Waals surface area contributed by atoms with E-state index in [-0.39, 0.29) is 18.9 Å². The first kappa shape index (κ1) is 21.8. The van der Waals surface area contributed by atoms with Crippen molar-refractivity contribution >= 4 is 29.5 Å². The molecule has 1 aromatic rings. The standard InChI is InChI=1S/C22H29N3O5/c1-14-8-9-17(15(2)13-14)23-19(27)16(3)30-18(26)7-6-12-25-20(28)22(24-21(25)29)10-4-5-11-22/h8-9,13,16H,4-7,10-12H2,1-3H3,(H,23,27)(H,24,29)/t16-/m0/s1. The van der Waals surface area contributed by atoms with Gasteiger partial charge >= 0.3 is 12.0 Å². The smallest absolute Gasteiger partial charge is 0.325 e. The fraction of sp³-hybridized carbons (Fsp3) is 0.545. The maximum Gasteiger partial charge on any atom is 0.325 e. The zero-order valence-electron chi connectivity index (χ0n) is 17.7. The number of carbonyl (C=O) groups excluding carboxylic acids is 4. The Balaban J connectivity index is 1.43. The van der Waals surface area contributed by atoms with Crippen molar-refractivity contribution in [1.29, 1.82) is 0 Å². The predicted octanol–water partition coefficient (Wildman–Crippen LogP) is 2.82. The summed E-state index contributed by atoms with van der Waals surface area (Å²) in [5.74, 6) is -1.15. The van der Waals surface area contributed by atoms with Gasteiger partial charge in [0.1, 0.15) is 5.54 Å². The van der Waals surface area contributed by atoms with Crippen LogP contribution in [0.1, 0.15) is 56.6 Å². The fourth-order valence-corrected chi connectivity index (χ4v) is 4.08. The summed E-state index contributed by atoms with van der Waals surface area (Å²) in [7, 11) is 0. The average Bonchev–Trinajstić information content (AvgIpc) is 3.24. The molecule has 0 unspecified atom stereocenters. The second kappa shape index (κ2) is 8.85. The van der Waals surface area contributed by atoms with Gasteiger partial charge in [-0.1, -0.05) is 30.5 Å². The van der Waals surface area contributed by atoms with Gasteiger partial charge in [0.2, 0.25) is 0 Å². The number of aryl methyl sites for hydroxylation is 2. The highest BCUT2D eigenvalue weighted by molar-refractivity contribution is 6.07. The zero-order chi connectivity index (χ0) is 21.9. The number of rotatable bonds is 7. The lowest BCUT2D eigenvalue weighted by molar-refractivity contribution is -0.153. The van der Waals surface area contributed by atoms with Crippen molar-refractivity contribution in [3.8, 4) is 0 Å². The largest absolute Gasteiger partial charge is 0.453 e. The molecular weight excluding hydrogens is 386 g/mol. The molecule has 2 N–H and O–H groups in total. The maximum atomic E-state index is 12.6. The van der Waals surface area contributed by atoms with Crippen molar-refractivity contribution < 1.29 is 23.9 Å². The Morgan fingerprint density at radius 2 is 1.93 bits per heavy atom. The summed E-state index contributed by atoms with van der Waals surface area (Å²) in [6, 6.07) is 5.27. The van der Waals surface area contributed by atoms with Crippen LogP contribution in [0.2, 0.25) is 0 Å². The molecule has 0 bridgehead atoms. The molecule has 2 aliphatic rings. The molecule has 0 radical (unpaired) electrons. The van der Waals surface area contributed by atoms with E-state index in [0.29, 0.717) is 24.9 Å². The molecule has 8 nitrogen and oxygen atoms in total. The van der Waals surface area contributed by atoms with Crippen molar-refractivity contribution in [3.05, 3.63) is 29.3 Å². The van der Waals surface area contributed by atoms with Gasteiger partial charge in [0, 0.05) is 18.7 Å². The van der Waals surface area contributed by atoms with Crippen LogP contribution in [-0.2, 0) is 19.1 Å². The van der Waals surface area contributed by atoms with Crippen LogP contribution >= 0.6 is 0 Å². The molecule has 30 heavy (non-hydrogen) atoms.